The van der Waals surface area contributed by atoms with Gasteiger partial charge >= 0.3 is 0 Å². The number of hydrogen-bond acceptors (Lipinski definition) is 6. The van der Waals surface area contributed by atoms with Gasteiger partial charge in [0.2, 0.25) is 5.91 Å². The summed E-state index contributed by atoms with van der Waals surface area (Å²) in [5, 5.41) is 12.5. The Labute approximate surface area is 136 Å². The summed E-state index contributed by atoms with van der Waals surface area (Å²) in [7, 11) is 0. The second kappa shape index (κ2) is 6.41. The molecule has 112 valence electrons. The molecule has 3 rings (SSSR count). The number of fused-ring (bicyclic) bond motifs is 1. The van der Waals surface area contributed by atoms with Crippen LogP contribution in [0.25, 0.3) is 10.9 Å². The van der Waals surface area contributed by atoms with E-state index in [2.05, 4.69) is 20.5 Å². The van der Waals surface area contributed by atoms with E-state index in [4.69, 9.17) is 0 Å². The lowest BCUT2D eigenvalue weighted by molar-refractivity contribution is -0.115. The van der Waals surface area contributed by atoms with E-state index in [0.29, 0.717) is 0 Å². The molecule has 1 aromatic carbocycles. The van der Waals surface area contributed by atoms with Crippen molar-refractivity contribution in [3.63, 3.8) is 0 Å². The molecule has 5 nitrogen and oxygen atoms in total. The summed E-state index contributed by atoms with van der Waals surface area (Å²) in [6.07, 6.45) is 1.74. The molecule has 0 saturated heterocycles. The fourth-order valence-electron chi connectivity index (χ4n) is 1.98. The summed E-state index contributed by atoms with van der Waals surface area (Å²) < 4.78 is 0.805. The molecule has 1 N–H and O–H groups in total. The van der Waals surface area contributed by atoms with E-state index < -0.39 is 0 Å². The van der Waals surface area contributed by atoms with Gasteiger partial charge in [-0.25, -0.2) is 0 Å². The van der Waals surface area contributed by atoms with Crippen molar-refractivity contribution in [1.82, 2.24) is 15.2 Å². The van der Waals surface area contributed by atoms with E-state index in [9.17, 15) is 4.79 Å². The number of aromatic nitrogens is 3. The van der Waals surface area contributed by atoms with Crippen LogP contribution >= 0.6 is 23.1 Å². The molecule has 0 saturated carbocycles. The van der Waals surface area contributed by atoms with E-state index >= 15 is 0 Å². The van der Waals surface area contributed by atoms with Crippen LogP contribution in [0.2, 0.25) is 0 Å². The Bertz CT molecular complexity index is 813. The van der Waals surface area contributed by atoms with Gasteiger partial charge in [0, 0.05) is 11.6 Å². The Kier molecular flexibility index (Phi) is 4.35. The van der Waals surface area contributed by atoms with Gasteiger partial charge in [0.05, 0.1) is 16.5 Å². The highest BCUT2D eigenvalue weighted by Gasteiger charge is 2.17. The summed E-state index contributed by atoms with van der Waals surface area (Å²) in [5.41, 5.74) is 1.64. The maximum atomic E-state index is 12.4. The molecular formula is C15H14N4OS2. The highest BCUT2D eigenvalue weighted by atomic mass is 32.2. The van der Waals surface area contributed by atoms with Crippen LogP contribution in [0.1, 0.15) is 11.9 Å². The van der Waals surface area contributed by atoms with Crippen LogP contribution in [-0.4, -0.2) is 26.3 Å². The summed E-state index contributed by atoms with van der Waals surface area (Å²) in [6.45, 7) is 3.76. The molecule has 0 aliphatic carbocycles. The molecule has 0 bridgehead atoms. The van der Waals surface area contributed by atoms with E-state index in [1.54, 1.807) is 6.20 Å². The highest BCUT2D eigenvalue weighted by molar-refractivity contribution is 8.02. The van der Waals surface area contributed by atoms with Crippen LogP contribution in [0.3, 0.4) is 0 Å². The van der Waals surface area contributed by atoms with Crippen molar-refractivity contribution in [2.24, 2.45) is 0 Å². The maximum Gasteiger partial charge on any atom is 0.237 e. The largest absolute Gasteiger partial charge is 0.324 e. The minimum Gasteiger partial charge on any atom is -0.324 e. The molecule has 0 aliphatic heterocycles. The molecule has 3 aromatic rings. The number of anilines is 1. The molecule has 0 radical (unpaired) electrons. The predicted molar refractivity (Wildman–Crippen MR) is 90.3 cm³/mol. The van der Waals surface area contributed by atoms with Gasteiger partial charge in [0.25, 0.3) is 0 Å². The van der Waals surface area contributed by atoms with Gasteiger partial charge in [0.1, 0.15) is 5.01 Å². The van der Waals surface area contributed by atoms with Gasteiger partial charge in [-0.1, -0.05) is 29.2 Å². The molecule has 1 atom stereocenters. The fraction of sp³-hybridized carbons (Fsp3) is 0.200. The minimum atomic E-state index is -0.251. The maximum absolute atomic E-state index is 12.4. The Balaban J connectivity index is 1.75. The normalized spacial score (nSPS) is 12.3. The SMILES string of the molecule is Cc1nnc(SC(C)C(=O)Nc2cccc3ncccc23)s1. The lowest BCUT2D eigenvalue weighted by Crippen LogP contribution is -2.22. The third kappa shape index (κ3) is 3.26. The number of carbonyl (C=O) groups excluding carboxylic acids is 1. The number of rotatable bonds is 4. The Hall–Kier alpha value is -1.99. The van der Waals surface area contributed by atoms with Crippen LogP contribution < -0.4 is 5.32 Å². The molecule has 1 amide bonds. The standard InChI is InChI=1S/C15H14N4OS2/c1-9(21-15-19-18-10(2)22-15)14(20)17-13-7-3-6-12-11(13)5-4-8-16-12/h3-9H,1-2H3,(H,17,20). The van der Waals surface area contributed by atoms with Crippen LogP contribution in [0, 0.1) is 6.92 Å². The fourth-order valence-corrected chi connectivity index (χ4v) is 3.94. The number of nitrogens with one attached hydrogen (secondary N) is 1. The molecule has 0 fully saturated rings. The first kappa shape index (κ1) is 14.9. The summed E-state index contributed by atoms with van der Waals surface area (Å²) in [6, 6.07) is 9.50. The average molecular weight is 330 g/mol. The monoisotopic (exact) mass is 330 g/mol. The van der Waals surface area contributed by atoms with Crippen molar-refractivity contribution < 1.29 is 4.79 Å². The van der Waals surface area contributed by atoms with Crippen molar-refractivity contribution in [2.75, 3.05) is 5.32 Å². The topological polar surface area (TPSA) is 67.8 Å². The first-order valence-corrected chi connectivity index (χ1v) is 8.44. The first-order valence-electron chi connectivity index (χ1n) is 6.75. The van der Waals surface area contributed by atoms with E-state index in [-0.39, 0.29) is 11.2 Å². The Morgan fingerprint density at radius 2 is 2.14 bits per heavy atom. The number of amides is 1. The van der Waals surface area contributed by atoms with Crippen LogP contribution in [0.5, 0.6) is 0 Å². The summed E-state index contributed by atoms with van der Waals surface area (Å²) in [4.78, 5) is 16.7. The molecule has 0 aliphatic rings. The molecule has 0 spiro atoms. The van der Waals surface area contributed by atoms with Crippen LogP contribution in [0.4, 0.5) is 5.69 Å². The van der Waals surface area contributed by atoms with Crippen molar-refractivity contribution in [3.8, 4) is 0 Å². The quantitative estimate of drug-likeness (QED) is 0.741. The minimum absolute atomic E-state index is 0.0609. The molecule has 7 heteroatoms. The van der Waals surface area contributed by atoms with Crippen LogP contribution in [0.15, 0.2) is 40.9 Å². The lowest BCUT2D eigenvalue weighted by atomic mass is 10.2. The zero-order valence-corrected chi connectivity index (χ0v) is 13.7. The van der Waals surface area contributed by atoms with E-state index in [1.165, 1.54) is 23.1 Å². The van der Waals surface area contributed by atoms with Crippen molar-refractivity contribution in [3.05, 3.63) is 41.5 Å². The highest BCUT2D eigenvalue weighted by Crippen LogP contribution is 2.28. The molecular weight excluding hydrogens is 316 g/mol. The summed E-state index contributed by atoms with van der Waals surface area (Å²) in [5.74, 6) is -0.0609. The van der Waals surface area contributed by atoms with Gasteiger partial charge in [-0.15, -0.1) is 10.2 Å². The number of nitrogens with zero attached hydrogens (tertiary/aromatic N) is 3. The van der Waals surface area contributed by atoms with E-state index in [0.717, 1.165) is 25.9 Å². The number of thioether (sulfide) groups is 1. The Morgan fingerprint density at radius 3 is 2.91 bits per heavy atom. The first-order chi connectivity index (χ1) is 10.6. The van der Waals surface area contributed by atoms with Gasteiger partial charge in [0.15, 0.2) is 4.34 Å². The van der Waals surface area contributed by atoms with E-state index in [1.807, 2.05) is 44.2 Å². The van der Waals surface area contributed by atoms with Crippen molar-refractivity contribution in [2.45, 2.75) is 23.4 Å². The second-order valence-electron chi connectivity index (χ2n) is 4.71. The summed E-state index contributed by atoms with van der Waals surface area (Å²) >= 11 is 2.91. The van der Waals surface area contributed by atoms with Crippen molar-refractivity contribution >= 4 is 45.6 Å². The second-order valence-corrected chi connectivity index (χ2v) is 7.48. The zero-order valence-electron chi connectivity index (χ0n) is 12.1. The molecule has 2 heterocycles. The van der Waals surface area contributed by atoms with Gasteiger partial charge in [-0.05, 0) is 38.1 Å². The molecule has 22 heavy (non-hydrogen) atoms. The number of carbonyl (C=O) groups is 1. The average Bonchev–Trinajstić information content (AvgIpc) is 2.92. The molecule has 2 aromatic heterocycles. The van der Waals surface area contributed by atoms with Gasteiger partial charge in [-0.3, -0.25) is 9.78 Å². The van der Waals surface area contributed by atoms with Crippen molar-refractivity contribution in [1.29, 1.82) is 0 Å². The third-order valence-electron chi connectivity index (χ3n) is 3.06. The number of pyridine rings is 1. The van der Waals surface area contributed by atoms with Gasteiger partial charge < -0.3 is 5.32 Å². The number of benzene rings is 1. The molecule has 1 unspecified atom stereocenters. The number of aryl methyl sites for hydroxylation is 1. The lowest BCUT2D eigenvalue weighted by Gasteiger charge is -2.12. The smallest absolute Gasteiger partial charge is 0.237 e. The van der Waals surface area contributed by atoms with Crippen LogP contribution in [-0.2, 0) is 4.79 Å². The third-order valence-corrected chi connectivity index (χ3v) is 5.08. The van der Waals surface area contributed by atoms with Gasteiger partial charge in [-0.2, -0.15) is 0 Å². The number of hydrogen-bond donors (Lipinski definition) is 1. The zero-order chi connectivity index (χ0) is 15.5. The Morgan fingerprint density at radius 1 is 1.27 bits per heavy atom. The predicted octanol–water partition coefficient (Wildman–Crippen LogP) is 3.51.